The third-order valence-electron chi connectivity index (χ3n) is 14.4. The first-order valence-electron chi connectivity index (χ1n) is 24.1. The van der Waals surface area contributed by atoms with Gasteiger partial charge in [0, 0.05) is 30.7 Å². The summed E-state index contributed by atoms with van der Waals surface area (Å²) in [7, 11) is 1.29. The van der Waals surface area contributed by atoms with E-state index in [1.807, 2.05) is 0 Å². The van der Waals surface area contributed by atoms with Crippen LogP contribution in [0, 0.1) is 16.7 Å². The van der Waals surface area contributed by atoms with Crippen LogP contribution in [-0.4, -0.2) is 149 Å². The number of esters is 6. The molecule has 2 aromatic carbocycles. The summed E-state index contributed by atoms with van der Waals surface area (Å²) in [6.45, 7) is 11.5. The summed E-state index contributed by atoms with van der Waals surface area (Å²) in [5, 5.41) is 40.8. The molecule has 2 aromatic rings. The van der Waals surface area contributed by atoms with Gasteiger partial charge in [0.25, 0.3) is 0 Å². The Kier molecular flexibility index (Phi) is 16.7. The number of hydrogen-bond donors (Lipinski definition) is 5. The van der Waals surface area contributed by atoms with E-state index in [9.17, 15) is 44.1 Å². The third-order valence-corrected chi connectivity index (χ3v) is 14.4. The number of fused-ring (bicyclic) bond motifs is 5. The molecule has 0 aromatic heterocycles. The van der Waals surface area contributed by atoms with Gasteiger partial charge in [0.1, 0.15) is 53.5 Å². The fourth-order valence-corrected chi connectivity index (χ4v) is 10.8. The second kappa shape index (κ2) is 21.8. The minimum absolute atomic E-state index is 0.00566. The predicted octanol–water partition coefficient (Wildman–Crippen LogP) is 2.64. The summed E-state index contributed by atoms with van der Waals surface area (Å²) >= 11 is 0. The van der Waals surface area contributed by atoms with Gasteiger partial charge in [0.15, 0.2) is 18.0 Å². The molecule has 1 aliphatic heterocycles. The number of nitrogens with two attached hydrogens (primary N) is 1. The van der Waals surface area contributed by atoms with Crippen LogP contribution in [0.2, 0.25) is 0 Å². The minimum Gasteiger partial charge on any atom is -0.496 e. The summed E-state index contributed by atoms with van der Waals surface area (Å²) < 4.78 is 51.3. The Labute approximate surface area is 427 Å². The lowest BCUT2D eigenvalue weighted by atomic mass is 9.44. The van der Waals surface area contributed by atoms with Crippen molar-refractivity contribution in [1.29, 1.82) is 0 Å². The number of methoxy groups -OCH3 is 1. The molecule has 2 bridgehead atoms. The maximum Gasteiger partial charge on any atom is 0.408 e. The van der Waals surface area contributed by atoms with Crippen LogP contribution in [0.5, 0.6) is 5.75 Å². The number of nitrogens with one attached hydrogen (secondary N) is 1. The molecular weight excluding hydrogens is 973 g/mol. The quantitative estimate of drug-likeness (QED) is 0.0917. The molecule has 1 amide bonds. The second-order valence-corrected chi connectivity index (χ2v) is 20.6. The van der Waals surface area contributed by atoms with E-state index in [0.29, 0.717) is 0 Å². The van der Waals surface area contributed by atoms with E-state index in [0.717, 1.165) is 6.92 Å². The Hall–Kier alpha value is -6.46. The fraction of sp³-hybridized carbons (Fsp3) is 0.577. The number of ketones is 1. The molecule has 74 heavy (non-hydrogen) atoms. The Morgan fingerprint density at radius 1 is 0.919 bits per heavy atom. The van der Waals surface area contributed by atoms with Crippen molar-refractivity contribution in [3.8, 4) is 5.75 Å². The highest BCUT2D eigenvalue weighted by atomic mass is 16.6. The van der Waals surface area contributed by atoms with Crippen molar-refractivity contribution in [1.82, 2.24) is 5.32 Å². The number of Topliss-reactive ketones (excluding diaryl/α,β-unsaturated/α-hetero) is 1. The molecule has 0 spiro atoms. The number of ether oxygens (including phenoxy) is 9. The summed E-state index contributed by atoms with van der Waals surface area (Å²) in [6.07, 6.45) is -13.5. The standard InChI is InChI=1S/C52H66N2O20/c1-11-67-45(62)30(53)21-35(57)68-24-36(58)71-40(38(54-47(64)74-48(4,5)6)29-19-15-16-20-31(29)66-10)46(63)70-32-23-52(65)43(72-44(61)28-17-13-12-14-18-28)41-50(9,42(60)39(59)37(26(32)2)49(52,7)8)33(56)22-34-51(41,25-69-34)73-27(3)55/h12-20,30,32-34,38-41,43,56,59,65H,11,21-25,53H2,1-10H3,(H,54,64)/t30-,32-,33-,34+,38-,39+,40+,41-,43-,50+,51-,52+/m0/s1. The third kappa shape index (κ3) is 10.9. The average Bonchev–Trinajstić information content (AvgIpc) is 3.32. The van der Waals surface area contributed by atoms with Crippen molar-refractivity contribution >= 4 is 47.7 Å². The Morgan fingerprint density at radius 3 is 2.16 bits per heavy atom. The van der Waals surface area contributed by atoms with Crippen molar-refractivity contribution in [2.45, 2.75) is 147 Å². The SMILES string of the molecule is CCOC(=O)[C@@H](N)CC(=O)OCC(=O)O[C@@H](C(=O)O[C@H]1C[C@@]2(O)[C@@H](OC(=O)c3ccccc3)[C@@H]3[C@]4(OC(C)=O)CO[C@@H]4C[C@H](O)[C@@]3(C)C(=O)[C@H](O)C(=C1C)C2(C)C)[C@@H](NC(=O)OC(C)(C)C)c1ccccc1OC. The second-order valence-electron chi connectivity index (χ2n) is 20.6. The van der Waals surface area contributed by atoms with E-state index in [2.05, 4.69) is 5.32 Å². The minimum atomic E-state index is -2.53. The molecule has 3 aliphatic carbocycles. The molecule has 2 saturated carbocycles. The Bertz CT molecular complexity index is 2540. The first-order chi connectivity index (χ1) is 34.6. The van der Waals surface area contributed by atoms with E-state index >= 15 is 9.59 Å². The maximum absolute atomic E-state index is 15.3. The van der Waals surface area contributed by atoms with Crippen LogP contribution in [-0.2, 0) is 66.7 Å². The summed E-state index contributed by atoms with van der Waals surface area (Å²) in [5.74, 6) is -9.26. The van der Waals surface area contributed by atoms with Crippen LogP contribution in [0.25, 0.3) is 0 Å². The van der Waals surface area contributed by atoms with Gasteiger partial charge in [-0.05, 0) is 70.9 Å². The molecular formula is C52H66N2O20. The number of carbonyl (C=O) groups excluding carboxylic acids is 8. The van der Waals surface area contributed by atoms with Crippen molar-refractivity contribution in [3.05, 3.63) is 76.9 Å². The number of amides is 1. The number of benzene rings is 2. The van der Waals surface area contributed by atoms with Gasteiger partial charge in [-0.2, -0.15) is 0 Å². The summed E-state index contributed by atoms with van der Waals surface area (Å²) in [6, 6.07) is 10.5. The van der Waals surface area contributed by atoms with E-state index in [-0.39, 0.29) is 47.7 Å². The van der Waals surface area contributed by atoms with Crippen LogP contribution in [0.1, 0.15) is 104 Å². The lowest BCUT2D eigenvalue weighted by Gasteiger charge is -2.67. The maximum atomic E-state index is 15.3. The van der Waals surface area contributed by atoms with Crippen LogP contribution >= 0.6 is 0 Å². The van der Waals surface area contributed by atoms with E-state index in [4.69, 9.17) is 48.4 Å². The van der Waals surface area contributed by atoms with Crippen molar-refractivity contribution in [2.24, 2.45) is 22.5 Å². The number of para-hydroxylation sites is 1. The zero-order valence-electron chi connectivity index (χ0n) is 43.0. The molecule has 3 fully saturated rings. The van der Waals surface area contributed by atoms with Crippen molar-refractivity contribution in [2.75, 3.05) is 26.9 Å². The number of rotatable bonds is 16. The summed E-state index contributed by atoms with van der Waals surface area (Å²) in [4.78, 5) is 110. The van der Waals surface area contributed by atoms with Crippen LogP contribution in [0.3, 0.4) is 0 Å². The molecule has 12 atom stereocenters. The normalized spacial score (nSPS) is 29.1. The monoisotopic (exact) mass is 1040 g/mol. The molecule has 22 nitrogen and oxygen atoms in total. The van der Waals surface area contributed by atoms with E-state index in [1.165, 1.54) is 72.1 Å². The highest BCUT2D eigenvalue weighted by Gasteiger charge is 2.78. The molecule has 404 valence electrons. The van der Waals surface area contributed by atoms with Crippen molar-refractivity contribution in [3.63, 3.8) is 0 Å². The highest BCUT2D eigenvalue weighted by molar-refractivity contribution is 5.94. The lowest BCUT2D eigenvalue weighted by molar-refractivity contribution is -0.346. The zero-order valence-corrected chi connectivity index (χ0v) is 43.0. The van der Waals surface area contributed by atoms with Gasteiger partial charge in [-0.15, -0.1) is 0 Å². The number of hydrogen-bond acceptors (Lipinski definition) is 21. The van der Waals surface area contributed by atoms with E-state index < -0.39 is 149 Å². The Balaban J connectivity index is 1.50. The molecule has 4 aliphatic rings. The van der Waals surface area contributed by atoms with Crippen LogP contribution in [0.15, 0.2) is 65.7 Å². The van der Waals surface area contributed by atoms with Crippen LogP contribution in [0.4, 0.5) is 4.79 Å². The predicted molar refractivity (Wildman–Crippen MR) is 254 cm³/mol. The lowest BCUT2D eigenvalue weighted by Crippen LogP contribution is -2.81. The van der Waals surface area contributed by atoms with Gasteiger partial charge in [-0.1, -0.05) is 50.2 Å². The number of aliphatic hydroxyl groups is 3. The molecule has 22 heteroatoms. The van der Waals surface area contributed by atoms with Gasteiger partial charge in [0.2, 0.25) is 6.10 Å². The van der Waals surface area contributed by atoms with Crippen LogP contribution < -0.4 is 15.8 Å². The molecule has 6 rings (SSSR count). The van der Waals surface area contributed by atoms with Gasteiger partial charge in [-0.25, -0.2) is 19.2 Å². The number of aliphatic hydroxyl groups excluding tert-OH is 2. The zero-order chi connectivity index (χ0) is 54.9. The molecule has 0 unspecified atom stereocenters. The Morgan fingerprint density at radius 2 is 1.57 bits per heavy atom. The largest absolute Gasteiger partial charge is 0.496 e. The van der Waals surface area contributed by atoms with Gasteiger partial charge < -0.3 is 69.0 Å². The molecule has 1 heterocycles. The molecule has 0 radical (unpaired) electrons. The van der Waals surface area contributed by atoms with E-state index in [1.54, 1.807) is 45.0 Å². The number of carbonyl (C=O) groups is 8. The fourth-order valence-electron chi connectivity index (χ4n) is 10.8. The van der Waals surface area contributed by atoms with Gasteiger partial charge >= 0.3 is 41.9 Å². The topological polar surface area (TPSA) is 318 Å². The molecule has 1 saturated heterocycles. The number of alkyl carbamates (subject to hydrolysis) is 1. The smallest absolute Gasteiger partial charge is 0.408 e. The summed E-state index contributed by atoms with van der Waals surface area (Å²) in [5.41, 5.74) is -3.77. The first kappa shape index (κ1) is 56.8. The van der Waals surface area contributed by atoms with Gasteiger partial charge in [0.05, 0.1) is 49.7 Å². The highest BCUT2D eigenvalue weighted by Crippen LogP contribution is 2.64. The molecule has 6 N–H and O–H groups in total. The first-order valence-corrected chi connectivity index (χ1v) is 24.1. The van der Waals surface area contributed by atoms with Crippen molar-refractivity contribution < 1.29 is 96.3 Å². The van der Waals surface area contributed by atoms with Gasteiger partial charge in [-0.3, -0.25) is 19.2 Å². The average molecular weight is 1040 g/mol.